The van der Waals surface area contributed by atoms with Crippen LogP contribution in [0.4, 0.5) is 11.4 Å². The molecule has 0 radical (unpaired) electrons. The van der Waals surface area contributed by atoms with Crippen LogP contribution in [0, 0.1) is 12.3 Å². The number of hydrogen-bond donors (Lipinski definition) is 0. The van der Waals surface area contributed by atoms with Crippen LogP contribution in [-0.2, 0) is 29.2 Å². The van der Waals surface area contributed by atoms with E-state index in [2.05, 4.69) is 16.0 Å². The first-order valence-electron chi connectivity index (χ1n) is 14.1. The zero-order valence-electron chi connectivity index (χ0n) is 24.4. The Morgan fingerprint density at radius 2 is 1.66 bits per heavy atom. The van der Waals surface area contributed by atoms with Crippen molar-refractivity contribution in [2.45, 2.75) is 47.3 Å². The van der Waals surface area contributed by atoms with Crippen LogP contribution in [0.2, 0.25) is 0 Å². The summed E-state index contributed by atoms with van der Waals surface area (Å²) in [6.45, 7) is 10.2. The summed E-state index contributed by atoms with van der Waals surface area (Å²) in [5.74, 6) is -0.424. The van der Waals surface area contributed by atoms with Gasteiger partial charge in [0.15, 0.2) is 0 Å². The summed E-state index contributed by atoms with van der Waals surface area (Å²) in [6.07, 6.45) is 1.79. The van der Waals surface area contributed by atoms with E-state index in [1.807, 2.05) is 73.0 Å². The molecule has 0 atom stereocenters. The fraction of sp³-hybridized carbons (Fsp3) is 0.333. The Labute approximate surface area is 240 Å². The number of para-hydroxylation sites is 1. The van der Waals surface area contributed by atoms with Crippen LogP contribution in [0.15, 0.2) is 77.7 Å². The Morgan fingerprint density at radius 1 is 0.878 bits per heavy atom. The van der Waals surface area contributed by atoms with Crippen molar-refractivity contribution < 1.29 is 9.59 Å². The highest BCUT2D eigenvalue weighted by atomic mass is 16.2. The monoisotopic (exact) mass is 551 g/mol. The number of carbonyl (C=O) groups is 2. The number of amides is 2. The average Bonchev–Trinajstić information content (AvgIpc) is 3.02. The third kappa shape index (κ3) is 5.39. The van der Waals surface area contributed by atoms with E-state index in [0.717, 1.165) is 39.1 Å². The van der Waals surface area contributed by atoms with Crippen LogP contribution < -0.4 is 15.4 Å². The van der Waals surface area contributed by atoms with Gasteiger partial charge in [0.25, 0.3) is 5.56 Å². The Balaban J connectivity index is 1.49. The molecule has 8 heteroatoms. The number of fused-ring (bicyclic) bond motifs is 2. The summed E-state index contributed by atoms with van der Waals surface area (Å²) in [4.78, 5) is 49.6. The van der Waals surface area contributed by atoms with Gasteiger partial charge in [-0.25, -0.2) is 0 Å². The maximum absolute atomic E-state index is 13.3. The van der Waals surface area contributed by atoms with Gasteiger partial charge < -0.3 is 14.4 Å². The summed E-state index contributed by atoms with van der Waals surface area (Å²) < 4.78 is 1.83. The number of nitrogens with zero attached hydrogens (tertiary/aromatic N) is 5. The lowest BCUT2D eigenvalue weighted by atomic mass is 9.90. The molecule has 1 aliphatic heterocycles. The van der Waals surface area contributed by atoms with Crippen molar-refractivity contribution in [3.05, 3.63) is 100 Å². The van der Waals surface area contributed by atoms with Crippen LogP contribution in [0.5, 0.6) is 0 Å². The number of rotatable bonds is 8. The van der Waals surface area contributed by atoms with Gasteiger partial charge in [-0.1, -0.05) is 30.3 Å². The molecule has 41 heavy (non-hydrogen) atoms. The van der Waals surface area contributed by atoms with Crippen molar-refractivity contribution in [2.24, 2.45) is 5.41 Å². The quantitative estimate of drug-likeness (QED) is 0.295. The van der Waals surface area contributed by atoms with E-state index < -0.39 is 5.41 Å². The highest BCUT2D eigenvalue weighted by Crippen LogP contribution is 2.39. The number of aryl methyl sites for hydroxylation is 1. The van der Waals surface area contributed by atoms with E-state index in [0.29, 0.717) is 32.7 Å². The maximum Gasteiger partial charge on any atom is 0.251 e. The smallest absolute Gasteiger partial charge is 0.251 e. The van der Waals surface area contributed by atoms with Crippen molar-refractivity contribution >= 4 is 34.1 Å². The largest absolute Gasteiger partial charge is 0.313 e. The predicted molar refractivity (Wildman–Crippen MR) is 163 cm³/mol. The minimum absolute atomic E-state index is 0.0293. The standard InChI is InChI=1S/C33H37N5O3/c1-6-37-28-15-13-24(20-29(28)35(5)31(40)33(3,4)32(37)41)21-36(22-26-11-9-17-34-23(26)2)18-19-38-27-12-8-7-10-25(27)14-16-30(38)39/h7-17,20H,6,18-19,21-22H2,1-5H3. The molecule has 212 valence electrons. The summed E-state index contributed by atoms with van der Waals surface area (Å²) in [5.41, 5.74) is 4.28. The van der Waals surface area contributed by atoms with Gasteiger partial charge >= 0.3 is 0 Å². The van der Waals surface area contributed by atoms with Gasteiger partial charge in [0.05, 0.1) is 16.9 Å². The third-order valence-electron chi connectivity index (χ3n) is 8.08. The molecule has 0 N–H and O–H groups in total. The van der Waals surface area contributed by atoms with E-state index in [-0.39, 0.29) is 17.4 Å². The van der Waals surface area contributed by atoms with E-state index in [1.165, 1.54) is 0 Å². The normalized spacial score (nSPS) is 15.0. The van der Waals surface area contributed by atoms with E-state index in [9.17, 15) is 14.4 Å². The molecular formula is C33H37N5O3. The van der Waals surface area contributed by atoms with Crippen molar-refractivity contribution in [1.29, 1.82) is 0 Å². The van der Waals surface area contributed by atoms with Gasteiger partial charge in [-0.2, -0.15) is 0 Å². The highest BCUT2D eigenvalue weighted by molar-refractivity contribution is 6.19. The molecule has 0 saturated carbocycles. The molecule has 0 fully saturated rings. The molecule has 0 bridgehead atoms. The van der Waals surface area contributed by atoms with Gasteiger partial charge in [-0.05, 0) is 74.5 Å². The Morgan fingerprint density at radius 3 is 2.41 bits per heavy atom. The molecule has 0 saturated heterocycles. The van der Waals surface area contributed by atoms with E-state index in [4.69, 9.17) is 0 Å². The summed E-state index contributed by atoms with van der Waals surface area (Å²) in [7, 11) is 1.74. The number of aromatic nitrogens is 2. The van der Waals surface area contributed by atoms with Crippen molar-refractivity contribution in [3.8, 4) is 0 Å². The third-order valence-corrected chi connectivity index (χ3v) is 8.08. The van der Waals surface area contributed by atoms with Crippen LogP contribution in [0.25, 0.3) is 10.9 Å². The van der Waals surface area contributed by atoms with Crippen LogP contribution in [0.3, 0.4) is 0 Å². The van der Waals surface area contributed by atoms with Gasteiger partial charge in [0.1, 0.15) is 5.41 Å². The minimum atomic E-state index is -1.15. The lowest BCUT2D eigenvalue weighted by Crippen LogP contribution is -2.47. The first kappa shape index (κ1) is 28.2. The van der Waals surface area contributed by atoms with Crippen LogP contribution >= 0.6 is 0 Å². The van der Waals surface area contributed by atoms with Gasteiger partial charge in [0.2, 0.25) is 11.8 Å². The lowest BCUT2D eigenvalue weighted by Gasteiger charge is -2.27. The van der Waals surface area contributed by atoms with Gasteiger partial charge in [0, 0.05) is 57.7 Å². The molecule has 0 aliphatic carbocycles. The molecule has 0 unspecified atom stereocenters. The Kier molecular flexibility index (Phi) is 7.78. The fourth-order valence-electron chi connectivity index (χ4n) is 5.66. The fourth-order valence-corrected chi connectivity index (χ4v) is 5.66. The lowest BCUT2D eigenvalue weighted by molar-refractivity contribution is -0.137. The number of pyridine rings is 2. The summed E-state index contributed by atoms with van der Waals surface area (Å²) in [5, 5.41) is 1.03. The Hall–Kier alpha value is -4.30. The zero-order chi connectivity index (χ0) is 29.3. The SMILES string of the molecule is CCN1C(=O)C(C)(C)C(=O)N(C)c2cc(CN(CCn3c(=O)ccc4ccccc43)Cc3cccnc3C)ccc21. The first-order chi connectivity index (χ1) is 19.6. The molecule has 2 aromatic carbocycles. The molecule has 0 spiro atoms. The molecule has 2 aromatic heterocycles. The molecule has 5 rings (SSSR count). The van der Waals surface area contributed by atoms with Gasteiger partial charge in [-0.15, -0.1) is 0 Å². The highest BCUT2D eigenvalue weighted by Gasteiger charge is 2.45. The average molecular weight is 552 g/mol. The maximum atomic E-state index is 13.3. The topological polar surface area (TPSA) is 78.8 Å². The number of carbonyl (C=O) groups excluding carboxylic acids is 2. The molecule has 4 aromatic rings. The van der Waals surface area contributed by atoms with Gasteiger partial charge in [-0.3, -0.25) is 24.3 Å². The van der Waals surface area contributed by atoms with Crippen LogP contribution in [-0.4, -0.2) is 46.4 Å². The summed E-state index contributed by atoms with van der Waals surface area (Å²) in [6, 6.07) is 21.4. The first-order valence-corrected chi connectivity index (χ1v) is 14.1. The molecule has 1 aliphatic rings. The van der Waals surface area contributed by atoms with Crippen molar-refractivity contribution in [2.75, 3.05) is 29.9 Å². The number of benzene rings is 2. The van der Waals surface area contributed by atoms with Crippen LogP contribution in [0.1, 0.15) is 37.6 Å². The number of anilines is 2. The second kappa shape index (κ2) is 11.3. The Bertz CT molecular complexity index is 1680. The van der Waals surface area contributed by atoms with Crippen molar-refractivity contribution in [1.82, 2.24) is 14.5 Å². The van der Waals surface area contributed by atoms with Crippen molar-refractivity contribution in [3.63, 3.8) is 0 Å². The second-order valence-electron chi connectivity index (χ2n) is 11.2. The second-order valence-corrected chi connectivity index (χ2v) is 11.2. The van der Waals surface area contributed by atoms with E-state index in [1.54, 1.807) is 43.0 Å². The molecule has 3 heterocycles. The predicted octanol–water partition coefficient (Wildman–Crippen LogP) is 4.76. The zero-order valence-corrected chi connectivity index (χ0v) is 24.4. The molecular weight excluding hydrogens is 514 g/mol. The van der Waals surface area contributed by atoms with E-state index >= 15 is 0 Å². The molecule has 2 amide bonds. The minimum Gasteiger partial charge on any atom is -0.313 e. The summed E-state index contributed by atoms with van der Waals surface area (Å²) >= 11 is 0. The number of hydrogen-bond acceptors (Lipinski definition) is 5. The molecule has 8 nitrogen and oxygen atoms in total.